The lowest BCUT2D eigenvalue weighted by molar-refractivity contribution is 0.0955. The van der Waals surface area contributed by atoms with Crippen molar-refractivity contribution >= 4 is 34.5 Å². The minimum Gasteiger partial charge on any atom is -0.506 e. The molecule has 7 nitrogen and oxygen atoms in total. The number of halogens is 1. The number of ether oxygens (including phenoxy) is 1. The van der Waals surface area contributed by atoms with Gasteiger partial charge in [-0.05, 0) is 61.6 Å². The predicted molar refractivity (Wildman–Crippen MR) is 141 cm³/mol. The fraction of sp³-hybridized carbons (Fsp3) is 0.333. The normalized spacial score (nSPS) is 14.4. The van der Waals surface area contributed by atoms with Crippen molar-refractivity contribution in [3.8, 4) is 11.5 Å². The Morgan fingerprint density at radius 3 is 2.66 bits per heavy atom. The molecular formula is C27H31ClN4O3. The minimum absolute atomic E-state index is 0.0753. The lowest BCUT2D eigenvalue weighted by Crippen LogP contribution is -2.36. The number of aromatic hydroxyl groups is 1. The molecule has 4 rings (SSSR count). The molecule has 0 atom stereocenters. The molecule has 1 amide bonds. The van der Waals surface area contributed by atoms with Gasteiger partial charge in [0, 0.05) is 36.1 Å². The highest BCUT2D eigenvalue weighted by molar-refractivity contribution is 6.32. The second-order valence-electron chi connectivity index (χ2n) is 8.56. The van der Waals surface area contributed by atoms with Gasteiger partial charge >= 0.3 is 0 Å². The average molecular weight is 495 g/mol. The second-order valence-corrected chi connectivity index (χ2v) is 8.97. The number of hydrogen-bond donors (Lipinski definition) is 3. The van der Waals surface area contributed by atoms with Gasteiger partial charge in [-0.15, -0.1) is 0 Å². The van der Waals surface area contributed by atoms with Crippen LogP contribution in [0.2, 0.25) is 5.02 Å². The van der Waals surface area contributed by atoms with Gasteiger partial charge in [0.15, 0.2) is 0 Å². The van der Waals surface area contributed by atoms with Gasteiger partial charge in [-0.25, -0.2) is 5.43 Å². The first kappa shape index (κ1) is 25.0. The first-order valence-electron chi connectivity index (χ1n) is 12.0. The van der Waals surface area contributed by atoms with Crippen LogP contribution in [0.15, 0.2) is 59.7 Å². The summed E-state index contributed by atoms with van der Waals surface area (Å²) in [5, 5.41) is 19.2. The van der Waals surface area contributed by atoms with E-state index in [2.05, 4.69) is 20.7 Å². The molecular weight excluding hydrogens is 464 g/mol. The molecule has 0 spiro atoms. The lowest BCUT2D eigenvalue weighted by atomic mass is 10.0. The summed E-state index contributed by atoms with van der Waals surface area (Å²) in [6.45, 7) is 5.87. The summed E-state index contributed by atoms with van der Waals surface area (Å²) in [4.78, 5) is 14.8. The highest BCUT2D eigenvalue weighted by Crippen LogP contribution is 2.28. The molecule has 3 N–H and O–H groups in total. The zero-order valence-electron chi connectivity index (χ0n) is 19.7. The number of nitrogens with one attached hydrogen (secondary N) is 2. The number of amides is 1. The molecule has 184 valence electrons. The third-order valence-corrected chi connectivity index (χ3v) is 6.39. The number of fused-ring (bicyclic) bond motifs is 1. The summed E-state index contributed by atoms with van der Waals surface area (Å²) in [6.07, 6.45) is 5.60. The van der Waals surface area contributed by atoms with Crippen LogP contribution in [0.1, 0.15) is 35.2 Å². The van der Waals surface area contributed by atoms with Crippen molar-refractivity contribution in [3.05, 3.63) is 70.7 Å². The van der Waals surface area contributed by atoms with E-state index in [1.54, 1.807) is 6.21 Å². The van der Waals surface area contributed by atoms with Crippen LogP contribution in [0, 0.1) is 0 Å². The number of phenols is 1. The van der Waals surface area contributed by atoms with Crippen LogP contribution in [0.3, 0.4) is 0 Å². The van der Waals surface area contributed by atoms with E-state index in [1.165, 1.54) is 50.6 Å². The SMILES string of the molecule is O=C(N/N=C/c1ccc(OCCNCCN2CCCCC2)c2ccccc12)c1ccc(O)c(Cl)c1. The van der Waals surface area contributed by atoms with E-state index in [1.807, 2.05) is 36.4 Å². The second kappa shape index (κ2) is 12.5. The van der Waals surface area contributed by atoms with Gasteiger partial charge in [0.2, 0.25) is 0 Å². The Labute approximate surface area is 210 Å². The molecule has 35 heavy (non-hydrogen) atoms. The van der Waals surface area contributed by atoms with Crippen LogP contribution in [-0.4, -0.2) is 61.5 Å². The molecule has 3 aromatic rings. The van der Waals surface area contributed by atoms with Gasteiger partial charge < -0.3 is 20.1 Å². The molecule has 0 bridgehead atoms. The zero-order chi connectivity index (χ0) is 24.5. The number of likely N-dealkylation sites (tertiary alicyclic amines) is 1. The van der Waals surface area contributed by atoms with Gasteiger partial charge in [0.25, 0.3) is 5.91 Å². The smallest absolute Gasteiger partial charge is 0.271 e. The molecule has 0 radical (unpaired) electrons. The summed E-state index contributed by atoms with van der Waals surface area (Å²) < 4.78 is 6.06. The van der Waals surface area contributed by atoms with Crippen LogP contribution in [-0.2, 0) is 0 Å². The molecule has 1 aliphatic rings. The number of piperidine rings is 1. The summed E-state index contributed by atoms with van der Waals surface area (Å²) in [5.74, 6) is 0.326. The lowest BCUT2D eigenvalue weighted by Gasteiger charge is -2.26. The van der Waals surface area contributed by atoms with Gasteiger partial charge in [-0.1, -0.05) is 42.3 Å². The third-order valence-electron chi connectivity index (χ3n) is 6.09. The monoisotopic (exact) mass is 494 g/mol. The van der Waals surface area contributed by atoms with E-state index in [4.69, 9.17) is 16.3 Å². The summed E-state index contributed by atoms with van der Waals surface area (Å²) in [5.41, 5.74) is 3.66. The van der Waals surface area contributed by atoms with Crippen molar-refractivity contribution in [2.45, 2.75) is 19.3 Å². The molecule has 1 fully saturated rings. The number of hydrazone groups is 1. The summed E-state index contributed by atoms with van der Waals surface area (Å²) >= 11 is 5.88. The Balaban J connectivity index is 1.31. The molecule has 1 heterocycles. The average Bonchev–Trinajstić information content (AvgIpc) is 2.89. The van der Waals surface area contributed by atoms with Crippen LogP contribution in [0.25, 0.3) is 10.8 Å². The van der Waals surface area contributed by atoms with E-state index in [-0.39, 0.29) is 10.8 Å². The largest absolute Gasteiger partial charge is 0.506 e. The molecule has 0 saturated carbocycles. The molecule has 0 aromatic heterocycles. The third kappa shape index (κ3) is 6.94. The fourth-order valence-corrected chi connectivity index (χ4v) is 4.37. The Kier molecular flexibility index (Phi) is 8.95. The first-order chi connectivity index (χ1) is 17.1. The highest BCUT2D eigenvalue weighted by Gasteiger charge is 2.10. The van der Waals surface area contributed by atoms with Gasteiger partial charge in [-0.2, -0.15) is 5.10 Å². The van der Waals surface area contributed by atoms with Crippen molar-refractivity contribution < 1.29 is 14.6 Å². The van der Waals surface area contributed by atoms with Crippen LogP contribution >= 0.6 is 11.6 Å². The number of hydrogen-bond acceptors (Lipinski definition) is 6. The molecule has 0 unspecified atom stereocenters. The molecule has 1 saturated heterocycles. The fourth-order valence-electron chi connectivity index (χ4n) is 4.18. The maximum Gasteiger partial charge on any atom is 0.271 e. The maximum atomic E-state index is 12.3. The number of rotatable bonds is 10. The van der Waals surface area contributed by atoms with Crippen LogP contribution < -0.4 is 15.5 Å². The van der Waals surface area contributed by atoms with Gasteiger partial charge in [0.05, 0.1) is 11.2 Å². The van der Waals surface area contributed by atoms with Gasteiger partial charge in [-0.3, -0.25) is 4.79 Å². The summed E-state index contributed by atoms with van der Waals surface area (Å²) in [7, 11) is 0. The molecule has 0 aliphatic carbocycles. The topological polar surface area (TPSA) is 86.2 Å². The number of nitrogens with zero attached hydrogens (tertiary/aromatic N) is 2. The standard InChI is InChI=1S/C27H31ClN4O3/c28-24-18-20(8-10-25(24)33)27(34)31-30-19-21-9-11-26(23-7-3-2-6-22(21)23)35-17-13-29-12-16-32-14-4-1-5-15-32/h2-3,6-11,18-19,29,33H,1,4-5,12-17H2,(H,31,34)/b30-19+. The number of phenolic OH excluding ortho intramolecular Hbond substituents is 1. The highest BCUT2D eigenvalue weighted by atomic mass is 35.5. The zero-order valence-corrected chi connectivity index (χ0v) is 20.4. The number of carbonyl (C=O) groups is 1. The van der Waals surface area contributed by atoms with Crippen molar-refractivity contribution in [2.24, 2.45) is 5.10 Å². The predicted octanol–water partition coefficient (Wildman–Crippen LogP) is 4.42. The van der Waals surface area contributed by atoms with Gasteiger partial charge in [0.1, 0.15) is 18.1 Å². The van der Waals surface area contributed by atoms with Crippen molar-refractivity contribution in [2.75, 3.05) is 39.3 Å². The first-order valence-corrected chi connectivity index (χ1v) is 12.4. The summed E-state index contributed by atoms with van der Waals surface area (Å²) in [6, 6.07) is 16.1. The minimum atomic E-state index is -0.416. The van der Waals surface area contributed by atoms with Crippen molar-refractivity contribution in [3.63, 3.8) is 0 Å². The van der Waals surface area contributed by atoms with E-state index < -0.39 is 5.91 Å². The molecule has 8 heteroatoms. The molecule has 1 aliphatic heterocycles. The van der Waals surface area contributed by atoms with E-state index in [0.29, 0.717) is 12.2 Å². The van der Waals surface area contributed by atoms with Crippen molar-refractivity contribution in [1.29, 1.82) is 0 Å². The number of carbonyl (C=O) groups excluding carboxylic acids is 1. The Hall–Kier alpha value is -3.13. The Morgan fingerprint density at radius 1 is 1.06 bits per heavy atom. The van der Waals surface area contributed by atoms with Crippen LogP contribution in [0.5, 0.6) is 11.5 Å². The van der Waals surface area contributed by atoms with E-state index in [0.717, 1.165) is 41.7 Å². The maximum absolute atomic E-state index is 12.3. The van der Waals surface area contributed by atoms with E-state index >= 15 is 0 Å². The number of benzene rings is 3. The van der Waals surface area contributed by atoms with Crippen molar-refractivity contribution in [1.82, 2.24) is 15.6 Å². The Bertz CT molecular complexity index is 1180. The Morgan fingerprint density at radius 2 is 1.86 bits per heavy atom. The van der Waals surface area contributed by atoms with E-state index in [9.17, 15) is 9.90 Å². The quantitative estimate of drug-likeness (QED) is 0.221. The molecule has 3 aromatic carbocycles. The van der Waals surface area contributed by atoms with Crippen LogP contribution in [0.4, 0.5) is 0 Å².